The summed E-state index contributed by atoms with van der Waals surface area (Å²) < 4.78 is 2.54. The number of rotatable bonds is 4. The summed E-state index contributed by atoms with van der Waals surface area (Å²) in [5.74, 6) is -0.864. The summed E-state index contributed by atoms with van der Waals surface area (Å²) in [4.78, 5) is 11.1. The molecule has 1 atom stereocenters. The van der Waals surface area contributed by atoms with Gasteiger partial charge in [-0.15, -0.1) is 0 Å². The average Bonchev–Trinajstić information content (AvgIpc) is 2.14. The SMILES string of the molecule is CC(C)C(Nc1c(Br)cc(Br)cc1Br)C(=O)O. The van der Waals surface area contributed by atoms with Gasteiger partial charge in [0.15, 0.2) is 0 Å². The number of hydrogen-bond acceptors (Lipinski definition) is 2. The quantitative estimate of drug-likeness (QED) is 0.741. The zero-order valence-electron chi connectivity index (χ0n) is 9.30. The van der Waals surface area contributed by atoms with Crippen LogP contribution in [0.2, 0.25) is 0 Å². The van der Waals surface area contributed by atoms with Crippen LogP contribution in [0.4, 0.5) is 5.69 Å². The predicted octanol–water partition coefficient (Wildman–Crippen LogP) is 4.50. The summed E-state index contributed by atoms with van der Waals surface area (Å²) in [6.07, 6.45) is 0. The van der Waals surface area contributed by atoms with Gasteiger partial charge in [0.1, 0.15) is 6.04 Å². The van der Waals surface area contributed by atoms with Gasteiger partial charge in [0.2, 0.25) is 0 Å². The molecule has 0 aliphatic carbocycles. The molecule has 0 fully saturated rings. The van der Waals surface area contributed by atoms with Crippen molar-refractivity contribution in [3.63, 3.8) is 0 Å². The fourth-order valence-electron chi connectivity index (χ4n) is 1.35. The maximum atomic E-state index is 11.1. The van der Waals surface area contributed by atoms with Crippen LogP contribution in [0.3, 0.4) is 0 Å². The third kappa shape index (κ3) is 3.96. The van der Waals surface area contributed by atoms with Crippen LogP contribution in [0, 0.1) is 5.92 Å². The summed E-state index contributed by atoms with van der Waals surface area (Å²) >= 11 is 10.2. The van der Waals surface area contributed by atoms with E-state index in [1.807, 2.05) is 26.0 Å². The van der Waals surface area contributed by atoms with Gasteiger partial charge in [0.25, 0.3) is 0 Å². The molecule has 1 rings (SSSR count). The van der Waals surface area contributed by atoms with E-state index in [9.17, 15) is 4.79 Å². The Morgan fingerprint density at radius 2 is 1.71 bits per heavy atom. The molecule has 0 heterocycles. The van der Waals surface area contributed by atoms with Crippen LogP contribution >= 0.6 is 47.8 Å². The number of anilines is 1. The monoisotopic (exact) mass is 427 g/mol. The van der Waals surface area contributed by atoms with Crippen LogP contribution in [-0.2, 0) is 4.79 Å². The Kier molecular flexibility index (Phi) is 5.47. The molecule has 6 heteroatoms. The number of aliphatic carboxylic acids is 1. The lowest BCUT2D eigenvalue weighted by Crippen LogP contribution is -2.34. The van der Waals surface area contributed by atoms with Gasteiger partial charge in [-0.1, -0.05) is 29.8 Å². The molecule has 0 bridgehead atoms. The first kappa shape index (κ1) is 15.0. The summed E-state index contributed by atoms with van der Waals surface area (Å²) in [5.41, 5.74) is 0.745. The van der Waals surface area contributed by atoms with Crippen LogP contribution in [-0.4, -0.2) is 17.1 Å². The Morgan fingerprint density at radius 3 is 2.06 bits per heavy atom. The second-order valence-electron chi connectivity index (χ2n) is 3.95. The zero-order valence-corrected chi connectivity index (χ0v) is 14.1. The highest BCUT2D eigenvalue weighted by Gasteiger charge is 2.23. The number of benzene rings is 1. The second kappa shape index (κ2) is 6.20. The molecule has 0 radical (unpaired) electrons. The number of hydrogen-bond donors (Lipinski definition) is 2. The van der Waals surface area contributed by atoms with Gasteiger partial charge in [0.05, 0.1) is 5.69 Å². The summed E-state index contributed by atoms with van der Waals surface area (Å²) in [6, 6.07) is 3.11. The van der Waals surface area contributed by atoms with E-state index in [4.69, 9.17) is 5.11 Å². The highest BCUT2D eigenvalue weighted by atomic mass is 79.9. The lowest BCUT2D eigenvalue weighted by Gasteiger charge is -2.21. The topological polar surface area (TPSA) is 49.3 Å². The molecule has 0 aliphatic rings. The maximum Gasteiger partial charge on any atom is 0.326 e. The van der Waals surface area contributed by atoms with E-state index in [1.54, 1.807) is 0 Å². The van der Waals surface area contributed by atoms with Gasteiger partial charge in [-0.2, -0.15) is 0 Å². The van der Waals surface area contributed by atoms with Crippen molar-refractivity contribution < 1.29 is 9.90 Å². The van der Waals surface area contributed by atoms with Gasteiger partial charge in [-0.3, -0.25) is 0 Å². The van der Waals surface area contributed by atoms with Gasteiger partial charge in [-0.05, 0) is 49.9 Å². The molecule has 0 aliphatic heterocycles. The first-order valence-electron chi connectivity index (χ1n) is 4.96. The largest absolute Gasteiger partial charge is 0.480 e. The molecule has 0 saturated heterocycles. The molecule has 3 nitrogen and oxygen atoms in total. The molecular formula is C11H12Br3NO2. The number of carboxylic acid groups (broad SMARTS) is 1. The molecule has 17 heavy (non-hydrogen) atoms. The normalized spacial score (nSPS) is 12.6. The standard InChI is InChI=1S/C11H12Br3NO2/c1-5(2)9(11(16)17)15-10-7(13)3-6(12)4-8(10)14/h3-5,9,15H,1-2H3,(H,16,17). The maximum absolute atomic E-state index is 11.1. The summed E-state index contributed by atoms with van der Waals surface area (Å²) in [7, 11) is 0. The van der Waals surface area contributed by atoms with E-state index in [0.29, 0.717) is 0 Å². The lowest BCUT2D eigenvalue weighted by molar-refractivity contribution is -0.138. The van der Waals surface area contributed by atoms with Crippen molar-refractivity contribution in [3.8, 4) is 0 Å². The van der Waals surface area contributed by atoms with Crippen molar-refractivity contribution in [2.24, 2.45) is 5.92 Å². The number of carboxylic acids is 1. The molecule has 94 valence electrons. The van der Waals surface area contributed by atoms with E-state index in [-0.39, 0.29) is 5.92 Å². The van der Waals surface area contributed by atoms with Crippen LogP contribution in [0.15, 0.2) is 25.6 Å². The van der Waals surface area contributed by atoms with Gasteiger partial charge < -0.3 is 10.4 Å². The third-order valence-corrected chi connectivity index (χ3v) is 3.95. The van der Waals surface area contributed by atoms with E-state index in [0.717, 1.165) is 19.1 Å². The van der Waals surface area contributed by atoms with Crippen molar-refractivity contribution >= 4 is 59.4 Å². The number of carbonyl (C=O) groups is 1. The Morgan fingerprint density at radius 1 is 1.24 bits per heavy atom. The first-order chi connectivity index (χ1) is 7.82. The van der Waals surface area contributed by atoms with E-state index in [2.05, 4.69) is 53.1 Å². The second-order valence-corrected chi connectivity index (χ2v) is 6.57. The molecule has 1 aromatic rings. The van der Waals surface area contributed by atoms with Crippen LogP contribution < -0.4 is 5.32 Å². The van der Waals surface area contributed by atoms with Gasteiger partial charge in [-0.25, -0.2) is 4.79 Å². The average molecular weight is 430 g/mol. The molecule has 2 N–H and O–H groups in total. The minimum absolute atomic E-state index is 0.00468. The molecule has 0 amide bonds. The van der Waals surface area contributed by atoms with E-state index >= 15 is 0 Å². The van der Waals surface area contributed by atoms with Crippen molar-refractivity contribution in [1.82, 2.24) is 0 Å². The molecule has 1 aromatic carbocycles. The predicted molar refractivity (Wildman–Crippen MR) is 79.4 cm³/mol. The van der Waals surface area contributed by atoms with Crippen molar-refractivity contribution in [2.45, 2.75) is 19.9 Å². The highest BCUT2D eigenvalue weighted by Crippen LogP contribution is 2.35. The van der Waals surface area contributed by atoms with Crippen LogP contribution in [0.25, 0.3) is 0 Å². The Balaban J connectivity index is 3.05. The summed E-state index contributed by atoms with van der Waals surface area (Å²) in [6.45, 7) is 3.74. The first-order valence-corrected chi connectivity index (χ1v) is 7.34. The van der Waals surface area contributed by atoms with E-state index < -0.39 is 12.0 Å². The Hall–Kier alpha value is -0.0700. The molecule has 1 unspecified atom stereocenters. The van der Waals surface area contributed by atoms with Crippen LogP contribution in [0.5, 0.6) is 0 Å². The van der Waals surface area contributed by atoms with Crippen molar-refractivity contribution in [1.29, 1.82) is 0 Å². The van der Waals surface area contributed by atoms with Crippen molar-refractivity contribution in [2.75, 3.05) is 5.32 Å². The number of halogens is 3. The summed E-state index contributed by atoms with van der Waals surface area (Å²) in [5, 5.41) is 12.2. The van der Waals surface area contributed by atoms with Gasteiger partial charge in [0, 0.05) is 13.4 Å². The smallest absolute Gasteiger partial charge is 0.326 e. The molecule has 0 spiro atoms. The van der Waals surface area contributed by atoms with Crippen LogP contribution in [0.1, 0.15) is 13.8 Å². The fraction of sp³-hybridized carbons (Fsp3) is 0.364. The molecule has 0 saturated carbocycles. The van der Waals surface area contributed by atoms with Crippen molar-refractivity contribution in [3.05, 3.63) is 25.6 Å². The minimum atomic E-state index is -0.860. The number of nitrogens with one attached hydrogen (secondary N) is 1. The van der Waals surface area contributed by atoms with E-state index in [1.165, 1.54) is 0 Å². The molecular weight excluding hydrogens is 418 g/mol. The fourth-order valence-corrected chi connectivity index (χ4v) is 3.84. The van der Waals surface area contributed by atoms with Gasteiger partial charge >= 0.3 is 5.97 Å². The highest BCUT2D eigenvalue weighted by molar-refractivity contribution is 9.11. The Bertz CT molecular complexity index is 412. The Labute approximate surface area is 125 Å². The minimum Gasteiger partial charge on any atom is -0.480 e. The zero-order chi connectivity index (χ0) is 13.2. The molecule has 0 aromatic heterocycles. The lowest BCUT2D eigenvalue weighted by atomic mass is 10.0. The third-order valence-electron chi connectivity index (χ3n) is 2.24.